The molecular formula is C15H22Cl2N2O2. The molecule has 21 heavy (non-hydrogen) atoms. The molecule has 1 heterocycles. The Balaban J connectivity index is 0.00000220. The lowest BCUT2D eigenvalue weighted by molar-refractivity contribution is -0.123. The highest BCUT2D eigenvalue weighted by atomic mass is 35.5. The number of nitrogens with one attached hydrogen (secondary N) is 2. The first-order valence-electron chi connectivity index (χ1n) is 6.84. The Hall–Kier alpha value is -0.810. The molecule has 0 bridgehead atoms. The van der Waals surface area contributed by atoms with Crippen LogP contribution >= 0.6 is 24.0 Å². The standard InChI is InChI=1S/C15H21ClN2O2.ClH/c1-15(2,10-4-3-5-11(16)6-10)9-18-14(20)13-7-12(19)8-17-13;/h3-6,12-13,17,19H,7-9H2,1-2H3,(H,18,20);1H. The molecule has 1 aromatic carbocycles. The highest BCUT2D eigenvalue weighted by molar-refractivity contribution is 6.30. The van der Waals surface area contributed by atoms with E-state index in [0.717, 1.165) is 5.56 Å². The van der Waals surface area contributed by atoms with Gasteiger partial charge < -0.3 is 15.7 Å². The summed E-state index contributed by atoms with van der Waals surface area (Å²) in [5, 5.41) is 16.1. The van der Waals surface area contributed by atoms with Gasteiger partial charge in [0.1, 0.15) is 0 Å². The molecule has 3 N–H and O–H groups in total. The minimum absolute atomic E-state index is 0. The number of aliphatic hydroxyl groups is 1. The lowest BCUT2D eigenvalue weighted by atomic mass is 9.84. The van der Waals surface area contributed by atoms with Gasteiger partial charge in [-0.05, 0) is 24.1 Å². The first kappa shape index (κ1) is 18.2. The Bertz CT molecular complexity index is 494. The van der Waals surface area contributed by atoms with Crippen molar-refractivity contribution in [2.75, 3.05) is 13.1 Å². The van der Waals surface area contributed by atoms with Gasteiger partial charge in [-0.25, -0.2) is 0 Å². The molecule has 1 aromatic rings. The van der Waals surface area contributed by atoms with Crippen molar-refractivity contribution in [3.8, 4) is 0 Å². The quantitative estimate of drug-likeness (QED) is 0.788. The molecule has 2 rings (SSSR count). The van der Waals surface area contributed by atoms with E-state index in [-0.39, 0.29) is 29.8 Å². The van der Waals surface area contributed by atoms with Crippen molar-refractivity contribution in [3.05, 3.63) is 34.9 Å². The molecule has 0 saturated carbocycles. The SMILES string of the molecule is CC(C)(CNC(=O)C1CC(O)CN1)c1cccc(Cl)c1.Cl. The molecule has 1 aliphatic rings. The van der Waals surface area contributed by atoms with E-state index < -0.39 is 6.10 Å². The van der Waals surface area contributed by atoms with Gasteiger partial charge in [0.2, 0.25) is 5.91 Å². The van der Waals surface area contributed by atoms with E-state index in [0.29, 0.717) is 24.5 Å². The van der Waals surface area contributed by atoms with Crippen LogP contribution in [0.3, 0.4) is 0 Å². The number of amides is 1. The fourth-order valence-electron chi connectivity index (χ4n) is 2.36. The van der Waals surface area contributed by atoms with Gasteiger partial charge in [0, 0.05) is 23.5 Å². The number of benzene rings is 1. The molecule has 2 unspecified atom stereocenters. The summed E-state index contributed by atoms with van der Waals surface area (Å²) in [5.41, 5.74) is 0.891. The molecule has 0 spiro atoms. The summed E-state index contributed by atoms with van der Waals surface area (Å²) >= 11 is 6.01. The number of carbonyl (C=O) groups is 1. The van der Waals surface area contributed by atoms with Gasteiger partial charge in [-0.15, -0.1) is 12.4 Å². The van der Waals surface area contributed by atoms with Gasteiger partial charge in [-0.3, -0.25) is 4.79 Å². The fraction of sp³-hybridized carbons (Fsp3) is 0.533. The Kier molecular flexibility index (Phi) is 6.47. The molecule has 118 valence electrons. The molecule has 0 aromatic heterocycles. The summed E-state index contributed by atoms with van der Waals surface area (Å²) in [6, 6.07) is 7.39. The van der Waals surface area contributed by atoms with Crippen LogP contribution in [0.5, 0.6) is 0 Å². The average molecular weight is 333 g/mol. The molecule has 0 aliphatic carbocycles. The van der Waals surface area contributed by atoms with Gasteiger partial charge in [0.25, 0.3) is 0 Å². The van der Waals surface area contributed by atoms with Crippen LogP contribution in [-0.4, -0.2) is 36.2 Å². The van der Waals surface area contributed by atoms with Gasteiger partial charge >= 0.3 is 0 Å². The lowest BCUT2D eigenvalue weighted by Crippen LogP contribution is -2.45. The predicted molar refractivity (Wildman–Crippen MR) is 87.2 cm³/mol. The molecule has 6 heteroatoms. The first-order valence-corrected chi connectivity index (χ1v) is 7.21. The maximum atomic E-state index is 12.0. The Labute approximate surface area is 136 Å². The number of rotatable bonds is 4. The highest BCUT2D eigenvalue weighted by Gasteiger charge is 2.29. The predicted octanol–water partition coefficient (Wildman–Crippen LogP) is 1.88. The minimum Gasteiger partial charge on any atom is -0.392 e. The van der Waals surface area contributed by atoms with Crippen molar-refractivity contribution in [2.24, 2.45) is 0 Å². The minimum atomic E-state index is -0.424. The largest absolute Gasteiger partial charge is 0.392 e. The molecule has 1 aliphatic heterocycles. The van der Waals surface area contributed by atoms with Crippen LogP contribution < -0.4 is 10.6 Å². The Morgan fingerprint density at radius 2 is 2.24 bits per heavy atom. The lowest BCUT2D eigenvalue weighted by Gasteiger charge is -2.26. The summed E-state index contributed by atoms with van der Waals surface area (Å²) in [6.45, 7) is 5.14. The molecule has 1 saturated heterocycles. The van der Waals surface area contributed by atoms with Crippen molar-refractivity contribution >= 4 is 29.9 Å². The summed E-state index contributed by atoms with van der Waals surface area (Å²) in [6.07, 6.45) is 0.0513. The number of carbonyl (C=O) groups excluding carboxylic acids is 1. The molecular weight excluding hydrogens is 311 g/mol. The van der Waals surface area contributed by atoms with Crippen LogP contribution in [0.2, 0.25) is 5.02 Å². The number of halogens is 2. The van der Waals surface area contributed by atoms with Crippen LogP contribution in [0, 0.1) is 0 Å². The van der Waals surface area contributed by atoms with Gasteiger partial charge in [0.15, 0.2) is 0 Å². The van der Waals surface area contributed by atoms with E-state index in [4.69, 9.17) is 11.6 Å². The number of β-amino-alcohol motifs (C(OH)–C–C–N with tert-alkyl or cyclic N) is 1. The second-order valence-electron chi connectivity index (χ2n) is 5.96. The van der Waals surface area contributed by atoms with E-state index in [1.807, 2.05) is 24.3 Å². The van der Waals surface area contributed by atoms with E-state index >= 15 is 0 Å². The number of hydrogen-bond donors (Lipinski definition) is 3. The fourth-order valence-corrected chi connectivity index (χ4v) is 2.55. The third-order valence-corrected chi connectivity index (χ3v) is 3.97. The summed E-state index contributed by atoms with van der Waals surface area (Å²) in [5.74, 6) is -0.0587. The van der Waals surface area contributed by atoms with Gasteiger partial charge in [-0.2, -0.15) is 0 Å². The topological polar surface area (TPSA) is 61.4 Å². The van der Waals surface area contributed by atoms with E-state index in [2.05, 4.69) is 24.5 Å². The normalized spacial score (nSPS) is 21.7. The van der Waals surface area contributed by atoms with Crippen LogP contribution in [-0.2, 0) is 10.2 Å². The number of aliphatic hydroxyl groups excluding tert-OH is 1. The smallest absolute Gasteiger partial charge is 0.237 e. The Morgan fingerprint density at radius 3 is 2.81 bits per heavy atom. The first-order chi connectivity index (χ1) is 9.38. The average Bonchev–Trinajstić information content (AvgIpc) is 2.83. The van der Waals surface area contributed by atoms with Crippen molar-refractivity contribution in [1.82, 2.24) is 10.6 Å². The summed E-state index contributed by atoms with van der Waals surface area (Å²) in [7, 11) is 0. The zero-order chi connectivity index (χ0) is 14.8. The van der Waals surface area contributed by atoms with Crippen molar-refractivity contribution in [2.45, 2.75) is 37.8 Å². The zero-order valence-corrected chi connectivity index (χ0v) is 13.8. The highest BCUT2D eigenvalue weighted by Crippen LogP contribution is 2.25. The van der Waals surface area contributed by atoms with Gasteiger partial charge in [-0.1, -0.05) is 37.6 Å². The maximum absolute atomic E-state index is 12.0. The molecule has 0 radical (unpaired) electrons. The molecule has 1 amide bonds. The molecule has 4 nitrogen and oxygen atoms in total. The number of hydrogen-bond acceptors (Lipinski definition) is 3. The summed E-state index contributed by atoms with van der Waals surface area (Å²) in [4.78, 5) is 12.0. The third-order valence-electron chi connectivity index (χ3n) is 3.73. The summed E-state index contributed by atoms with van der Waals surface area (Å²) < 4.78 is 0. The van der Waals surface area contributed by atoms with Crippen LogP contribution in [0.1, 0.15) is 25.8 Å². The van der Waals surface area contributed by atoms with Crippen LogP contribution in [0.25, 0.3) is 0 Å². The van der Waals surface area contributed by atoms with E-state index in [9.17, 15) is 9.90 Å². The maximum Gasteiger partial charge on any atom is 0.237 e. The molecule has 2 atom stereocenters. The second kappa shape index (κ2) is 7.45. The zero-order valence-electron chi connectivity index (χ0n) is 12.2. The van der Waals surface area contributed by atoms with Crippen LogP contribution in [0.4, 0.5) is 0 Å². The van der Waals surface area contributed by atoms with E-state index in [1.54, 1.807) is 0 Å². The van der Waals surface area contributed by atoms with Crippen LogP contribution in [0.15, 0.2) is 24.3 Å². The second-order valence-corrected chi connectivity index (χ2v) is 6.40. The Morgan fingerprint density at radius 1 is 1.52 bits per heavy atom. The monoisotopic (exact) mass is 332 g/mol. The van der Waals surface area contributed by atoms with Gasteiger partial charge in [0.05, 0.1) is 12.1 Å². The molecule has 1 fully saturated rings. The third kappa shape index (κ3) is 4.85. The van der Waals surface area contributed by atoms with Crippen molar-refractivity contribution in [3.63, 3.8) is 0 Å². The van der Waals surface area contributed by atoms with Crippen molar-refractivity contribution < 1.29 is 9.90 Å². The van der Waals surface area contributed by atoms with Crippen molar-refractivity contribution in [1.29, 1.82) is 0 Å². The van der Waals surface area contributed by atoms with E-state index in [1.165, 1.54) is 0 Å².